The first-order valence-corrected chi connectivity index (χ1v) is 14.3. The van der Waals surface area contributed by atoms with E-state index in [1.165, 1.54) is 0 Å². The second kappa shape index (κ2) is 11.8. The minimum atomic E-state index is -0.767. The van der Waals surface area contributed by atoms with Gasteiger partial charge >= 0.3 is 6.09 Å². The standard InChI is InChI=1S/C32H36ClN5O3/c1-21-19-34-29-27(21)28(25(20-35-29)23-8-6-5-7-9-23)37-14-16-38(17-15-37)30(39)26(36-31(40)41-32(2,3)4)18-22-10-12-24(33)13-11-22/h5-13,19-20,26H,14-18H2,1-4H3,(H,34,35)(H,36,40)/t26-/m1/s1. The van der Waals surface area contributed by atoms with Crippen LogP contribution in [0.1, 0.15) is 31.9 Å². The number of aryl methyl sites for hydroxylation is 1. The van der Waals surface area contributed by atoms with E-state index in [1.807, 2.05) is 47.6 Å². The Labute approximate surface area is 245 Å². The highest BCUT2D eigenvalue weighted by Crippen LogP contribution is 2.38. The Balaban J connectivity index is 1.37. The van der Waals surface area contributed by atoms with Gasteiger partial charge in [0.1, 0.15) is 17.3 Å². The van der Waals surface area contributed by atoms with Crippen molar-refractivity contribution in [2.24, 2.45) is 0 Å². The van der Waals surface area contributed by atoms with E-state index in [-0.39, 0.29) is 5.91 Å². The lowest BCUT2D eigenvalue weighted by Crippen LogP contribution is -2.56. The van der Waals surface area contributed by atoms with Gasteiger partial charge in [-0.3, -0.25) is 4.79 Å². The first-order chi connectivity index (χ1) is 19.6. The maximum Gasteiger partial charge on any atom is 0.408 e. The largest absolute Gasteiger partial charge is 0.444 e. The number of anilines is 1. The van der Waals surface area contributed by atoms with Gasteiger partial charge in [-0.2, -0.15) is 0 Å². The molecule has 4 aromatic rings. The van der Waals surface area contributed by atoms with Gasteiger partial charge in [-0.05, 0) is 56.5 Å². The number of fused-ring (bicyclic) bond motifs is 1. The van der Waals surface area contributed by atoms with Crippen molar-refractivity contribution < 1.29 is 14.3 Å². The summed E-state index contributed by atoms with van der Waals surface area (Å²) in [6.45, 7) is 9.82. The summed E-state index contributed by atoms with van der Waals surface area (Å²) in [7, 11) is 0. The SMILES string of the molecule is Cc1c[nH]c2ncc(-c3ccccc3)c(N3CCN(C(=O)[C@@H](Cc4ccc(Cl)cc4)NC(=O)OC(C)(C)C)CC3)c12. The molecule has 2 aromatic carbocycles. The molecule has 0 bridgehead atoms. The predicted octanol–water partition coefficient (Wildman–Crippen LogP) is 5.98. The van der Waals surface area contributed by atoms with Crippen molar-refractivity contribution in [3.05, 3.63) is 83.1 Å². The van der Waals surface area contributed by atoms with Crippen molar-refractivity contribution in [3.63, 3.8) is 0 Å². The van der Waals surface area contributed by atoms with E-state index in [0.717, 1.165) is 39.0 Å². The third-order valence-corrected chi connectivity index (χ3v) is 7.46. The molecule has 8 nitrogen and oxygen atoms in total. The van der Waals surface area contributed by atoms with Gasteiger partial charge in [0.05, 0.1) is 5.69 Å². The van der Waals surface area contributed by atoms with Gasteiger partial charge in [0.2, 0.25) is 5.91 Å². The Morgan fingerprint density at radius 1 is 1.05 bits per heavy atom. The number of halogens is 1. The maximum atomic E-state index is 13.8. The molecule has 2 N–H and O–H groups in total. The summed E-state index contributed by atoms with van der Waals surface area (Å²) in [6.07, 6.45) is 3.63. The fourth-order valence-corrected chi connectivity index (χ4v) is 5.39. The number of aromatic amines is 1. The van der Waals surface area contributed by atoms with Crippen LogP contribution in [0.5, 0.6) is 0 Å². The molecule has 1 saturated heterocycles. The topological polar surface area (TPSA) is 90.6 Å². The smallest absolute Gasteiger partial charge is 0.408 e. The van der Waals surface area contributed by atoms with Crippen molar-refractivity contribution in [2.75, 3.05) is 31.1 Å². The highest BCUT2D eigenvalue weighted by molar-refractivity contribution is 6.30. The van der Waals surface area contributed by atoms with Crippen molar-refractivity contribution in [2.45, 2.75) is 45.8 Å². The Bertz CT molecular complexity index is 1520. The Morgan fingerprint density at radius 2 is 1.73 bits per heavy atom. The number of nitrogens with one attached hydrogen (secondary N) is 2. The third kappa shape index (κ3) is 6.65. The summed E-state index contributed by atoms with van der Waals surface area (Å²) in [5.74, 6) is -0.133. The molecule has 0 aliphatic carbocycles. The Kier molecular flexibility index (Phi) is 8.22. The molecule has 1 aliphatic rings. The van der Waals surface area contributed by atoms with Crippen LogP contribution >= 0.6 is 11.6 Å². The van der Waals surface area contributed by atoms with E-state index in [0.29, 0.717) is 37.6 Å². The van der Waals surface area contributed by atoms with Gasteiger partial charge in [0.25, 0.3) is 0 Å². The number of aromatic nitrogens is 2. The second-order valence-electron chi connectivity index (χ2n) is 11.4. The minimum absolute atomic E-state index is 0.133. The van der Waals surface area contributed by atoms with Crippen LogP contribution in [0.25, 0.3) is 22.2 Å². The third-order valence-electron chi connectivity index (χ3n) is 7.21. The zero-order valence-electron chi connectivity index (χ0n) is 23.9. The van der Waals surface area contributed by atoms with E-state index >= 15 is 0 Å². The van der Waals surface area contributed by atoms with Gasteiger partial charge in [0, 0.05) is 61.0 Å². The molecule has 3 heterocycles. The number of pyridine rings is 1. The number of carbonyl (C=O) groups is 2. The molecule has 1 atom stereocenters. The number of piperazine rings is 1. The van der Waals surface area contributed by atoms with Crippen LogP contribution in [0.15, 0.2) is 67.0 Å². The van der Waals surface area contributed by atoms with E-state index in [1.54, 1.807) is 32.9 Å². The number of nitrogens with zero attached hydrogens (tertiary/aromatic N) is 3. The lowest BCUT2D eigenvalue weighted by atomic mass is 10.0. The number of benzene rings is 2. The highest BCUT2D eigenvalue weighted by Gasteiger charge is 2.31. The summed E-state index contributed by atoms with van der Waals surface area (Å²) in [5, 5.41) is 4.54. The molecule has 0 saturated carbocycles. The van der Waals surface area contributed by atoms with Crippen LogP contribution in [0, 0.1) is 6.92 Å². The average molecular weight is 574 g/mol. The number of carbonyl (C=O) groups excluding carboxylic acids is 2. The molecule has 5 rings (SSSR count). The monoisotopic (exact) mass is 573 g/mol. The molecular formula is C32H36ClN5O3. The number of hydrogen-bond acceptors (Lipinski definition) is 5. The first kappa shape index (κ1) is 28.5. The fourth-order valence-electron chi connectivity index (χ4n) is 5.27. The summed E-state index contributed by atoms with van der Waals surface area (Å²) >= 11 is 6.07. The van der Waals surface area contributed by atoms with Crippen LogP contribution in [0.4, 0.5) is 10.5 Å². The molecule has 1 aliphatic heterocycles. The summed E-state index contributed by atoms with van der Waals surface area (Å²) in [4.78, 5) is 38.7. The molecule has 0 unspecified atom stereocenters. The van der Waals surface area contributed by atoms with Crippen LogP contribution < -0.4 is 10.2 Å². The number of hydrogen-bond donors (Lipinski definition) is 2. The number of ether oxygens (including phenoxy) is 1. The van der Waals surface area contributed by atoms with Crippen LogP contribution in [0.2, 0.25) is 5.02 Å². The minimum Gasteiger partial charge on any atom is -0.444 e. The lowest BCUT2D eigenvalue weighted by Gasteiger charge is -2.38. The van der Waals surface area contributed by atoms with Gasteiger partial charge < -0.3 is 24.8 Å². The normalized spacial score (nSPS) is 14.7. The van der Waals surface area contributed by atoms with Gasteiger partial charge in [-0.1, -0.05) is 54.1 Å². The quantitative estimate of drug-likeness (QED) is 0.296. The van der Waals surface area contributed by atoms with Gasteiger partial charge in [-0.15, -0.1) is 0 Å². The molecule has 41 heavy (non-hydrogen) atoms. The van der Waals surface area contributed by atoms with E-state index in [2.05, 4.69) is 34.3 Å². The number of rotatable bonds is 6. The lowest BCUT2D eigenvalue weighted by molar-refractivity contribution is -0.133. The highest BCUT2D eigenvalue weighted by atomic mass is 35.5. The number of amides is 2. The van der Waals surface area contributed by atoms with Crippen LogP contribution in [-0.4, -0.2) is 64.7 Å². The molecule has 2 aromatic heterocycles. The van der Waals surface area contributed by atoms with E-state index in [9.17, 15) is 9.59 Å². The van der Waals surface area contributed by atoms with Crippen LogP contribution in [-0.2, 0) is 16.0 Å². The van der Waals surface area contributed by atoms with Crippen molar-refractivity contribution in [3.8, 4) is 11.1 Å². The zero-order valence-corrected chi connectivity index (χ0v) is 24.7. The van der Waals surface area contributed by atoms with Gasteiger partial charge in [-0.25, -0.2) is 9.78 Å². The Morgan fingerprint density at radius 3 is 2.39 bits per heavy atom. The molecule has 0 spiro atoms. The van der Waals surface area contributed by atoms with E-state index in [4.69, 9.17) is 21.3 Å². The van der Waals surface area contributed by atoms with E-state index < -0.39 is 17.7 Å². The molecule has 214 valence electrons. The van der Waals surface area contributed by atoms with Crippen molar-refractivity contribution in [1.82, 2.24) is 20.2 Å². The Hall–Kier alpha value is -4.04. The van der Waals surface area contributed by atoms with Gasteiger partial charge in [0.15, 0.2) is 0 Å². The predicted molar refractivity (Wildman–Crippen MR) is 163 cm³/mol. The zero-order chi connectivity index (χ0) is 29.1. The number of H-pyrrole nitrogens is 1. The summed E-state index contributed by atoms with van der Waals surface area (Å²) in [5.41, 5.74) is 5.48. The molecule has 9 heteroatoms. The molecule has 0 radical (unpaired) electrons. The van der Waals surface area contributed by atoms with Crippen molar-refractivity contribution >= 4 is 40.3 Å². The fraction of sp³-hybridized carbons (Fsp3) is 0.344. The first-order valence-electron chi connectivity index (χ1n) is 13.9. The maximum absolute atomic E-state index is 13.8. The summed E-state index contributed by atoms with van der Waals surface area (Å²) in [6, 6.07) is 16.8. The second-order valence-corrected chi connectivity index (χ2v) is 11.9. The van der Waals surface area contributed by atoms with Crippen LogP contribution in [0.3, 0.4) is 0 Å². The van der Waals surface area contributed by atoms with Crippen molar-refractivity contribution in [1.29, 1.82) is 0 Å². The molecule has 1 fully saturated rings. The summed E-state index contributed by atoms with van der Waals surface area (Å²) < 4.78 is 5.48. The number of alkyl carbamates (subject to hydrolysis) is 1. The average Bonchev–Trinajstić information content (AvgIpc) is 3.33. The molecular weight excluding hydrogens is 538 g/mol. The molecule has 2 amide bonds.